The van der Waals surface area contributed by atoms with E-state index in [1.54, 1.807) is 36.4 Å². The summed E-state index contributed by atoms with van der Waals surface area (Å²) in [6, 6.07) is 10.7. The number of nitrogens with zero attached hydrogens (tertiary/aromatic N) is 6. The number of aryl methyl sites for hydroxylation is 2. The van der Waals surface area contributed by atoms with E-state index in [1.807, 2.05) is 53.9 Å². The van der Waals surface area contributed by atoms with Gasteiger partial charge in [0.1, 0.15) is 0 Å². The number of aromatic nitrogens is 6. The zero-order valence-corrected chi connectivity index (χ0v) is 30.4. The van der Waals surface area contributed by atoms with Crippen LogP contribution in [-0.2, 0) is 46.3 Å². The van der Waals surface area contributed by atoms with Crippen molar-refractivity contribution < 1.29 is 18.6 Å². The maximum absolute atomic E-state index is 12.6. The van der Waals surface area contributed by atoms with E-state index >= 15 is 0 Å². The fourth-order valence-corrected chi connectivity index (χ4v) is 6.94. The molecule has 0 radical (unpaired) electrons. The van der Waals surface area contributed by atoms with Gasteiger partial charge in [0, 0.05) is 22.7 Å². The molecule has 2 aromatic carbocycles. The van der Waals surface area contributed by atoms with Gasteiger partial charge >= 0.3 is 23.1 Å². The Balaban J connectivity index is 0.000000250. The molecule has 248 valence electrons. The zero-order valence-electron chi connectivity index (χ0n) is 27.4. The van der Waals surface area contributed by atoms with E-state index in [0.29, 0.717) is 43.9 Å². The van der Waals surface area contributed by atoms with Crippen LogP contribution in [0.3, 0.4) is 0 Å². The smallest absolute Gasteiger partial charge is 0.428 e. The second-order valence-electron chi connectivity index (χ2n) is 11.2. The molecule has 0 bridgehead atoms. The topological polar surface area (TPSA) is 154 Å². The number of rotatable bonds is 8. The van der Waals surface area contributed by atoms with Gasteiger partial charge in [0.25, 0.3) is 0 Å². The number of benzene rings is 2. The van der Waals surface area contributed by atoms with Crippen molar-refractivity contribution in [2.45, 2.75) is 84.0 Å². The Bertz CT molecular complexity index is 1960. The third-order valence-electron chi connectivity index (χ3n) is 8.25. The molecule has 0 aliphatic rings. The summed E-state index contributed by atoms with van der Waals surface area (Å²) in [6.07, 6.45) is 3.62. The van der Waals surface area contributed by atoms with Gasteiger partial charge in [0.05, 0.1) is 57.7 Å². The Morgan fingerprint density at radius 2 is 1.00 bits per heavy atom. The minimum absolute atomic E-state index is 0. The Hall–Kier alpha value is -3.33. The summed E-state index contributed by atoms with van der Waals surface area (Å²) >= 11 is 0. The standard InChI is InChI=1S/2C17H18N3O2S.CH4.Mg/c2*1-10-7-18-16(12(3)11(10)2)9-23(22)17-19-14-5-4-13(8-21)6-15(14)20-17;;/h2*4-7,21H,8-9H2,1-3H3;1H4;/q2*-1;;+2/t2*23-;;/m00../s1. The molecule has 0 saturated carbocycles. The molecule has 6 rings (SSSR count). The van der Waals surface area contributed by atoms with Crippen LogP contribution in [0.1, 0.15) is 63.3 Å². The summed E-state index contributed by atoms with van der Waals surface area (Å²) in [7, 11) is -2.70. The molecule has 0 aliphatic carbocycles. The SMILES string of the molecule is C.Cc1cnc(C[S@](=O)c2nc3cc(CO)ccc3[n-]2)c(C)c1C.Cc1cnc(C[S@](=O)c2nc3cc(CO)ccc3[n-]2)c(C)c1C.[Mg+2]. The van der Waals surface area contributed by atoms with E-state index in [0.717, 1.165) is 44.8 Å². The van der Waals surface area contributed by atoms with E-state index in [2.05, 4.69) is 29.9 Å². The molecule has 2 atom stereocenters. The summed E-state index contributed by atoms with van der Waals surface area (Å²) < 4.78 is 25.2. The molecule has 0 spiro atoms. The van der Waals surface area contributed by atoms with Crippen LogP contribution in [0.2, 0.25) is 0 Å². The first-order valence-corrected chi connectivity index (χ1v) is 17.3. The molecular weight excluding hydrogens is 657 g/mol. The van der Waals surface area contributed by atoms with Gasteiger partial charge < -0.3 is 30.1 Å². The van der Waals surface area contributed by atoms with Crippen LogP contribution < -0.4 is 9.97 Å². The average molecular weight is 697 g/mol. The van der Waals surface area contributed by atoms with Crippen LogP contribution in [-0.4, -0.2) is 61.6 Å². The fourth-order valence-electron chi connectivity index (χ4n) is 4.80. The molecule has 0 saturated heterocycles. The molecule has 6 aromatic rings. The third kappa shape index (κ3) is 8.63. The fraction of sp³-hybridized carbons (Fsp3) is 0.314. The molecular formula is C35H40MgN6O4S2. The first-order valence-electron chi connectivity index (χ1n) is 14.7. The van der Waals surface area contributed by atoms with Gasteiger partial charge in [0.15, 0.2) is 0 Å². The van der Waals surface area contributed by atoms with Crippen molar-refractivity contribution in [2.75, 3.05) is 0 Å². The Morgan fingerprint density at radius 1 is 0.625 bits per heavy atom. The zero-order chi connectivity index (χ0) is 33.1. The van der Waals surface area contributed by atoms with Crippen LogP contribution >= 0.6 is 0 Å². The number of pyridine rings is 2. The Kier molecular flexibility index (Phi) is 13.7. The van der Waals surface area contributed by atoms with Crippen molar-refractivity contribution in [3.63, 3.8) is 0 Å². The van der Waals surface area contributed by atoms with Crippen LogP contribution in [0.4, 0.5) is 0 Å². The molecule has 13 heteroatoms. The van der Waals surface area contributed by atoms with E-state index < -0.39 is 21.6 Å². The Labute approximate surface area is 302 Å². The van der Waals surface area contributed by atoms with E-state index in [1.165, 1.54) is 11.1 Å². The minimum Gasteiger partial charge on any atom is -0.428 e. The molecule has 4 heterocycles. The number of hydrogen-bond acceptors (Lipinski definition) is 8. The average Bonchev–Trinajstić information content (AvgIpc) is 3.69. The van der Waals surface area contributed by atoms with Gasteiger partial charge in [-0.15, -0.1) is 0 Å². The third-order valence-corrected chi connectivity index (χ3v) is 10.5. The first-order chi connectivity index (χ1) is 22.0. The summed E-state index contributed by atoms with van der Waals surface area (Å²) in [5, 5.41) is 19.0. The second-order valence-corrected chi connectivity index (χ2v) is 13.9. The van der Waals surface area contributed by atoms with E-state index in [9.17, 15) is 18.6 Å². The summed E-state index contributed by atoms with van der Waals surface area (Å²) in [4.78, 5) is 26.1. The van der Waals surface area contributed by atoms with Crippen LogP contribution in [0.25, 0.3) is 22.1 Å². The first kappa shape index (κ1) is 39.1. The van der Waals surface area contributed by atoms with Gasteiger partial charge in [-0.05, 0) is 108 Å². The van der Waals surface area contributed by atoms with Crippen LogP contribution in [0.5, 0.6) is 0 Å². The van der Waals surface area contributed by atoms with Crippen molar-refractivity contribution in [3.8, 4) is 0 Å². The molecule has 4 aromatic heterocycles. The van der Waals surface area contributed by atoms with Gasteiger partial charge in [0.2, 0.25) is 0 Å². The summed E-state index contributed by atoms with van der Waals surface area (Å²) in [6.45, 7) is 12.0. The normalized spacial score (nSPS) is 12.2. The summed E-state index contributed by atoms with van der Waals surface area (Å²) in [5.74, 6) is 0.603. The molecule has 10 nitrogen and oxygen atoms in total. The maximum atomic E-state index is 12.6. The molecule has 2 N–H and O–H groups in total. The van der Waals surface area contributed by atoms with Gasteiger partial charge in [-0.2, -0.15) is 0 Å². The molecule has 0 amide bonds. The minimum atomic E-state index is -1.35. The van der Waals surface area contributed by atoms with Gasteiger partial charge in [-0.25, -0.2) is 0 Å². The monoisotopic (exact) mass is 696 g/mol. The number of imidazole rings is 2. The summed E-state index contributed by atoms with van der Waals surface area (Å²) in [5.41, 5.74) is 12.6. The number of aliphatic hydroxyl groups is 2. The molecule has 48 heavy (non-hydrogen) atoms. The number of fused-ring (bicyclic) bond motifs is 2. The number of hydrogen-bond donors (Lipinski definition) is 2. The maximum Gasteiger partial charge on any atom is 2.00 e. The largest absolute Gasteiger partial charge is 2.00 e. The molecule has 0 unspecified atom stereocenters. The second kappa shape index (κ2) is 16.9. The predicted molar refractivity (Wildman–Crippen MR) is 192 cm³/mol. The quantitative estimate of drug-likeness (QED) is 0.211. The van der Waals surface area contributed by atoms with Crippen molar-refractivity contribution in [1.82, 2.24) is 29.9 Å². The van der Waals surface area contributed by atoms with Crippen LogP contribution in [0.15, 0.2) is 59.1 Å². The van der Waals surface area contributed by atoms with Gasteiger partial charge in [-0.1, -0.05) is 43.8 Å². The van der Waals surface area contributed by atoms with Crippen molar-refractivity contribution in [2.24, 2.45) is 0 Å². The molecule has 0 fully saturated rings. The van der Waals surface area contributed by atoms with Gasteiger partial charge in [-0.3, -0.25) is 18.4 Å². The molecule has 0 aliphatic heterocycles. The van der Waals surface area contributed by atoms with Crippen molar-refractivity contribution in [1.29, 1.82) is 0 Å². The van der Waals surface area contributed by atoms with Crippen molar-refractivity contribution in [3.05, 3.63) is 105 Å². The predicted octanol–water partition coefficient (Wildman–Crippen LogP) is 4.88. The number of aliphatic hydroxyl groups excluding tert-OH is 2. The van der Waals surface area contributed by atoms with E-state index in [4.69, 9.17) is 0 Å². The Morgan fingerprint density at radius 3 is 1.35 bits per heavy atom. The van der Waals surface area contributed by atoms with E-state index in [-0.39, 0.29) is 43.7 Å². The van der Waals surface area contributed by atoms with Crippen molar-refractivity contribution >= 4 is 66.7 Å². The van der Waals surface area contributed by atoms with Crippen LogP contribution in [0, 0.1) is 41.5 Å².